The minimum Gasteiger partial charge on any atom is -0.484 e. The monoisotopic (exact) mass is 461 g/mol. The fourth-order valence-corrected chi connectivity index (χ4v) is 3.39. The minimum atomic E-state index is -0.395. The first-order chi connectivity index (χ1) is 14.9. The van der Waals surface area contributed by atoms with Gasteiger partial charge in [-0.3, -0.25) is 14.4 Å². The zero-order valence-corrected chi connectivity index (χ0v) is 18.1. The second-order valence-electron chi connectivity index (χ2n) is 6.90. The summed E-state index contributed by atoms with van der Waals surface area (Å²) in [6.45, 7) is 4.04. The fourth-order valence-electron chi connectivity index (χ4n) is 3.09. The van der Waals surface area contributed by atoms with Gasteiger partial charge in [-0.25, -0.2) is 0 Å². The average Bonchev–Trinajstić information content (AvgIpc) is 3.15. The Morgan fingerprint density at radius 1 is 1.16 bits per heavy atom. The van der Waals surface area contributed by atoms with E-state index in [4.69, 9.17) is 27.9 Å². The molecule has 0 saturated carbocycles. The van der Waals surface area contributed by atoms with Gasteiger partial charge in [-0.15, -0.1) is 6.58 Å². The highest BCUT2D eigenvalue weighted by Crippen LogP contribution is 2.27. The highest BCUT2D eigenvalue weighted by atomic mass is 35.5. The summed E-state index contributed by atoms with van der Waals surface area (Å²) in [6.07, 6.45) is 1.76. The Morgan fingerprint density at radius 3 is 2.58 bits per heavy atom. The molecule has 0 unspecified atom stereocenters. The van der Waals surface area contributed by atoms with Gasteiger partial charge in [-0.05, 0) is 42.5 Å². The molecule has 2 N–H and O–H groups in total. The summed E-state index contributed by atoms with van der Waals surface area (Å²) < 4.78 is 5.49. The molecule has 162 valence electrons. The number of rotatable bonds is 8. The summed E-state index contributed by atoms with van der Waals surface area (Å²) in [5, 5.41) is 6.13. The number of ether oxygens (including phenoxy) is 1. The molecule has 3 amide bonds. The Balaban J connectivity index is 1.52. The number of carbonyl (C=O) groups excluding carboxylic acids is 3. The lowest BCUT2D eigenvalue weighted by atomic mass is 10.1. The van der Waals surface area contributed by atoms with E-state index >= 15 is 0 Å². The summed E-state index contributed by atoms with van der Waals surface area (Å²) in [5.74, 6) is -0.559. The first-order valence-corrected chi connectivity index (χ1v) is 10.3. The van der Waals surface area contributed by atoms with Crippen molar-refractivity contribution in [3.63, 3.8) is 0 Å². The molecule has 1 aliphatic heterocycles. The summed E-state index contributed by atoms with van der Waals surface area (Å²) in [7, 11) is 0. The Morgan fingerprint density at radius 2 is 1.90 bits per heavy atom. The summed E-state index contributed by atoms with van der Waals surface area (Å²) in [6, 6.07) is 11.5. The maximum atomic E-state index is 12.3. The van der Waals surface area contributed by atoms with Crippen LogP contribution in [0.4, 0.5) is 11.4 Å². The van der Waals surface area contributed by atoms with E-state index in [9.17, 15) is 14.4 Å². The van der Waals surface area contributed by atoms with Crippen LogP contribution < -0.4 is 20.3 Å². The third-order valence-electron chi connectivity index (χ3n) is 4.64. The molecule has 0 aliphatic carbocycles. The molecule has 0 aromatic heterocycles. The van der Waals surface area contributed by atoms with Gasteiger partial charge in [0.25, 0.3) is 5.91 Å². The summed E-state index contributed by atoms with van der Waals surface area (Å²) >= 11 is 11.8. The van der Waals surface area contributed by atoms with Gasteiger partial charge in [-0.1, -0.05) is 29.3 Å². The topological polar surface area (TPSA) is 87.7 Å². The molecule has 1 atom stereocenters. The normalized spacial score (nSPS) is 15.5. The van der Waals surface area contributed by atoms with E-state index in [1.54, 1.807) is 53.4 Å². The number of halogens is 2. The van der Waals surface area contributed by atoms with Crippen LogP contribution in [0.3, 0.4) is 0 Å². The number of hydrogen-bond acceptors (Lipinski definition) is 4. The van der Waals surface area contributed by atoms with Crippen LogP contribution in [0.15, 0.2) is 55.1 Å². The number of amides is 3. The number of nitrogens with zero attached hydrogens (tertiary/aromatic N) is 1. The van der Waals surface area contributed by atoms with Crippen LogP contribution >= 0.6 is 23.2 Å². The third kappa shape index (κ3) is 5.99. The molecule has 1 fully saturated rings. The van der Waals surface area contributed by atoms with E-state index < -0.39 is 5.92 Å². The molecule has 7 nitrogen and oxygen atoms in total. The van der Waals surface area contributed by atoms with Gasteiger partial charge < -0.3 is 20.3 Å². The maximum absolute atomic E-state index is 12.3. The molecule has 2 aromatic rings. The van der Waals surface area contributed by atoms with Crippen molar-refractivity contribution < 1.29 is 19.1 Å². The second kappa shape index (κ2) is 10.3. The first kappa shape index (κ1) is 22.7. The Bertz CT molecular complexity index is 995. The second-order valence-corrected chi connectivity index (χ2v) is 7.71. The first-order valence-electron chi connectivity index (χ1n) is 9.54. The van der Waals surface area contributed by atoms with E-state index in [1.165, 1.54) is 0 Å². The molecule has 0 bridgehead atoms. The number of hydrogen-bond donors (Lipinski definition) is 2. The van der Waals surface area contributed by atoms with Crippen molar-refractivity contribution in [3.8, 4) is 5.75 Å². The average molecular weight is 462 g/mol. The van der Waals surface area contributed by atoms with E-state index in [0.717, 1.165) is 0 Å². The van der Waals surface area contributed by atoms with Gasteiger partial charge in [0, 0.05) is 30.9 Å². The van der Waals surface area contributed by atoms with Crippen LogP contribution in [0, 0.1) is 5.92 Å². The zero-order chi connectivity index (χ0) is 22.4. The number of nitrogens with one attached hydrogen (secondary N) is 2. The molecule has 0 radical (unpaired) electrons. The van der Waals surface area contributed by atoms with Gasteiger partial charge in [0.2, 0.25) is 11.8 Å². The molecule has 9 heteroatoms. The molecule has 0 spiro atoms. The van der Waals surface area contributed by atoms with Gasteiger partial charge in [0.15, 0.2) is 6.61 Å². The van der Waals surface area contributed by atoms with Crippen LogP contribution in [-0.2, 0) is 14.4 Å². The van der Waals surface area contributed by atoms with Crippen LogP contribution in [-0.4, -0.2) is 37.4 Å². The summed E-state index contributed by atoms with van der Waals surface area (Å²) in [5.41, 5.74) is 1.18. The van der Waals surface area contributed by atoms with Crippen molar-refractivity contribution in [2.45, 2.75) is 6.42 Å². The Hall–Kier alpha value is -3.03. The standard InChI is InChI=1S/C22H21Cl2N3O4/c1-2-9-25-22(30)14-10-21(29)27(12-14)16-4-6-17(7-5-16)31-13-20(28)26-15-3-8-18(23)19(24)11-15/h2-8,11,14H,1,9-10,12-13H2,(H,25,30)(H,26,28)/t14-/m1/s1. The van der Waals surface area contributed by atoms with E-state index in [0.29, 0.717) is 40.3 Å². The van der Waals surface area contributed by atoms with Crippen molar-refractivity contribution in [2.75, 3.05) is 29.9 Å². The van der Waals surface area contributed by atoms with Gasteiger partial charge in [0.1, 0.15) is 5.75 Å². The van der Waals surface area contributed by atoms with Crippen molar-refractivity contribution in [1.29, 1.82) is 0 Å². The van der Waals surface area contributed by atoms with Crippen LogP contribution in [0.1, 0.15) is 6.42 Å². The molecule has 1 saturated heterocycles. The quantitative estimate of drug-likeness (QED) is 0.587. The Kier molecular flexibility index (Phi) is 7.55. The van der Waals surface area contributed by atoms with Crippen molar-refractivity contribution in [2.24, 2.45) is 5.92 Å². The minimum absolute atomic E-state index is 0.117. The number of benzene rings is 2. The predicted molar refractivity (Wildman–Crippen MR) is 121 cm³/mol. The van der Waals surface area contributed by atoms with Crippen molar-refractivity contribution in [1.82, 2.24) is 5.32 Å². The molecule has 2 aromatic carbocycles. The number of carbonyl (C=O) groups is 3. The lowest BCUT2D eigenvalue weighted by Gasteiger charge is -2.17. The maximum Gasteiger partial charge on any atom is 0.262 e. The zero-order valence-electron chi connectivity index (χ0n) is 16.6. The molecule has 3 rings (SSSR count). The molecule has 31 heavy (non-hydrogen) atoms. The summed E-state index contributed by atoms with van der Waals surface area (Å²) in [4.78, 5) is 38.0. The van der Waals surface area contributed by atoms with Crippen LogP contribution in [0.25, 0.3) is 0 Å². The molecule has 1 aliphatic rings. The van der Waals surface area contributed by atoms with E-state index in [2.05, 4.69) is 17.2 Å². The SMILES string of the molecule is C=CCNC(=O)[C@@H]1CC(=O)N(c2ccc(OCC(=O)Nc3ccc(Cl)c(Cl)c3)cc2)C1. The molecule has 1 heterocycles. The molecular formula is C22H21Cl2N3O4. The highest BCUT2D eigenvalue weighted by Gasteiger charge is 2.34. The van der Waals surface area contributed by atoms with Crippen molar-refractivity contribution in [3.05, 3.63) is 65.2 Å². The predicted octanol–water partition coefficient (Wildman–Crippen LogP) is 3.67. The third-order valence-corrected chi connectivity index (χ3v) is 5.38. The number of anilines is 2. The largest absolute Gasteiger partial charge is 0.484 e. The van der Waals surface area contributed by atoms with Gasteiger partial charge in [0.05, 0.1) is 16.0 Å². The Labute approximate surface area is 190 Å². The van der Waals surface area contributed by atoms with Crippen LogP contribution in [0.5, 0.6) is 5.75 Å². The smallest absolute Gasteiger partial charge is 0.262 e. The lowest BCUT2D eigenvalue weighted by Crippen LogP contribution is -2.32. The van der Waals surface area contributed by atoms with E-state index in [1.807, 2.05) is 0 Å². The highest BCUT2D eigenvalue weighted by molar-refractivity contribution is 6.42. The molecular weight excluding hydrogens is 441 g/mol. The van der Waals surface area contributed by atoms with Crippen LogP contribution in [0.2, 0.25) is 10.0 Å². The fraction of sp³-hybridized carbons (Fsp3) is 0.227. The van der Waals surface area contributed by atoms with Gasteiger partial charge >= 0.3 is 0 Å². The lowest BCUT2D eigenvalue weighted by molar-refractivity contribution is -0.126. The van der Waals surface area contributed by atoms with Gasteiger partial charge in [-0.2, -0.15) is 0 Å². The van der Waals surface area contributed by atoms with E-state index in [-0.39, 0.29) is 30.7 Å². The van der Waals surface area contributed by atoms with Crippen molar-refractivity contribution >= 4 is 52.3 Å².